The molecule has 1 aliphatic rings. The van der Waals surface area contributed by atoms with Gasteiger partial charge in [0.15, 0.2) is 11.6 Å². The molecule has 0 bridgehead atoms. The van der Waals surface area contributed by atoms with Crippen molar-refractivity contribution in [3.63, 3.8) is 0 Å². The number of halogens is 2. The molecule has 1 aromatic rings. The van der Waals surface area contributed by atoms with Crippen molar-refractivity contribution in [2.24, 2.45) is 0 Å². The van der Waals surface area contributed by atoms with Crippen LogP contribution in [-0.4, -0.2) is 42.4 Å². The van der Waals surface area contributed by atoms with E-state index in [1.807, 2.05) is 4.90 Å². The number of benzene rings is 1. The van der Waals surface area contributed by atoms with E-state index < -0.39 is 11.6 Å². The maximum atomic E-state index is 13.5. The summed E-state index contributed by atoms with van der Waals surface area (Å²) in [7, 11) is 0. The Bertz CT molecular complexity index is 387. The first-order chi connectivity index (χ1) is 8.22. The molecule has 94 valence electrons. The largest absolute Gasteiger partial charge is 0.395 e. The number of morpholine rings is 1. The van der Waals surface area contributed by atoms with E-state index in [0.717, 1.165) is 6.07 Å². The first-order valence-electron chi connectivity index (χ1n) is 5.58. The second-order valence-corrected chi connectivity index (χ2v) is 4.09. The summed E-state index contributed by atoms with van der Waals surface area (Å²) >= 11 is 0. The Balaban J connectivity index is 2.11. The SMILES string of the molecule is OCC1COCCN1Cc1cccc(F)c1F. The van der Waals surface area contributed by atoms with Crippen LogP contribution in [-0.2, 0) is 11.3 Å². The van der Waals surface area contributed by atoms with Crippen LogP contribution in [0.15, 0.2) is 18.2 Å². The molecule has 1 saturated heterocycles. The van der Waals surface area contributed by atoms with Gasteiger partial charge < -0.3 is 9.84 Å². The molecule has 5 heteroatoms. The lowest BCUT2D eigenvalue weighted by molar-refractivity contribution is -0.0317. The van der Waals surface area contributed by atoms with Gasteiger partial charge in [0.05, 0.1) is 25.9 Å². The number of rotatable bonds is 3. The molecule has 0 aromatic heterocycles. The predicted octanol–water partition coefficient (Wildman–Crippen LogP) is 1.16. The Kier molecular flexibility index (Phi) is 4.04. The fourth-order valence-corrected chi connectivity index (χ4v) is 1.95. The average molecular weight is 243 g/mol. The van der Waals surface area contributed by atoms with Crippen LogP contribution in [0.1, 0.15) is 5.56 Å². The summed E-state index contributed by atoms with van der Waals surface area (Å²) < 4.78 is 31.8. The predicted molar refractivity (Wildman–Crippen MR) is 58.5 cm³/mol. The van der Waals surface area contributed by atoms with Gasteiger partial charge in [-0.1, -0.05) is 12.1 Å². The van der Waals surface area contributed by atoms with Crippen LogP contribution in [0.2, 0.25) is 0 Å². The fourth-order valence-electron chi connectivity index (χ4n) is 1.95. The molecule has 2 rings (SSSR count). The van der Waals surface area contributed by atoms with E-state index in [-0.39, 0.29) is 19.2 Å². The maximum absolute atomic E-state index is 13.5. The average Bonchev–Trinajstić information content (AvgIpc) is 2.35. The van der Waals surface area contributed by atoms with Crippen molar-refractivity contribution in [3.05, 3.63) is 35.4 Å². The maximum Gasteiger partial charge on any atom is 0.163 e. The second-order valence-electron chi connectivity index (χ2n) is 4.09. The highest BCUT2D eigenvalue weighted by Crippen LogP contribution is 2.16. The third-order valence-corrected chi connectivity index (χ3v) is 2.97. The molecule has 0 spiro atoms. The van der Waals surface area contributed by atoms with Crippen LogP contribution in [0.25, 0.3) is 0 Å². The minimum atomic E-state index is -0.837. The summed E-state index contributed by atoms with van der Waals surface area (Å²) in [6, 6.07) is 4.00. The van der Waals surface area contributed by atoms with Gasteiger partial charge >= 0.3 is 0 Å². The molecule has 1 N–H and O–H groups in total. The van der Waals surface area contributed by atoms with E-state index >= 15 is 0 Å². The summed E-state index contributed by atoms with van der Waals surface area (Å²) in [4.78, 5) is 1.90. The zero-order valence-electron chi connectivity index (χ0n) is 9.40. The molecular weight excluding hydrogens is 228 g/mol. The summed E-state index contributed by atoms with van der Waals surface area (Å²) in [5.41, 5.74) is 0.311. The van der Waals surface area contributed by atoms with Crippen molar-refractivity contribution in [2.75, 3.05) is 26.4 Å². The number of aliphatic hydroxyl groups excluding tert-OH is 1. The van der Waals surface area contributed by atoms with Crippen molar-refractivity contribution >= 4 is 0 Å². The number of hydrogen-bond acceptors (Lipinski definition) is 3. The molecule has 1 unspecified atom stereocenters. The van der Waals surface area contributed by atoms with Crippen LogP contribution in [0.3, 0.4) is 0 Å². The molecular formula is C12H15F2NO2. The van der Waals surface area contributed by atoms with E-state index in [1.54, 1.807) is 6.07 Å². The van der Waals surface area contributed by atoms with Crippen LogP contribution in [0.5, 0.6) is 0 Å². The lowest BCUT2D eigenvalue weighted by Gasteiger charge is -2.34. The second kappa shape index (κ2) is 5.53. The van der Waals surface area contributed by atoms with Crippen molar-refractivity contribution in [1.29, 1.82) is 0 Å². The van der Waals surface area contributed by atoms with Crippen LogP contribution in [0, 0.1) is 11.6 Å². The van der Waals surface area contributed by atoms with E-state index in [9.17, 15) is 13.9 Å². The van der Waals surface area contributed by atoms with Crippen molar-refractivity contribution in [3.8, 4) is 0 Å². The zero-order chi connectivity index (χ0) is 12.3. The van der Waals surface area contributed by atoms with E-state index in [0.29, 0.717) is 25.3 Å². The van der Waals surface area contributed by atoms with Gasteiger partial charge in [-0.25, -0.2) is 8.78 Å². The van der Waals surface area contributed by atoms with Gasteiger partial charge in [0.2, 0.25) is 0 Å². The lowest BCUT2D eigenvalue weighted by atomic mass is 10.1. The van der Waals surface area contributed by atoms with Gasteiger partial charge in [-0.15, -0.1) is 0 Å². The molecule has 1 aromatic carbocycles. The molecule has 1 fully saturated rings. The van der Waals surface area contributed by atoms with E-state index in [2.05, 4.69) is 0 Å². The molecule has 0 saturated carbocycles. The Hall–Kier alpha value is -1.04. The van der Waals surface area contributed by atoms with Crippen LogP contribution in [0.4, 0.5) is 8.78 Å². The minimum Gasteiger partial charge on any atom is -0.395 e. The van der Waals surface area contributed by atoms with E-state index in [4.69, 9.17) is 4.74 Å². The summed E-state index contributed by atoms with van der Waals surface area (Å²) in [6.07, 6.45) is 0. The van der Waals surface area contributed by atoms with Gasteiger partial charge in [-0.3, -0.25) is 4.90 Å². The standard InChI is InChI=1S/C12H15F2NO2/c13-11-3-1-2-9(12(11)14)6-15-4-5-17-8-10(15)7-16/h1-3,10,16H,4-8H2. The Morgan fingerprint density at radius 1 is 1.41 bits per heavy atom. The van der Waals surface area contributed by atoms with Crippen LogP contribution >= 0.6 is 0 Å². The quantitative estimate of drug-likeness (QED) is 0.864. The van der Waals surface area contributed by atoms with Gasteiger partial charge in [-0.2, -0.15) is 0 Å². The number of hydrogen-bond donors (Lipinski definition) is 1. The van der Waals surface area contributed by atoms with E-state index in [1.165, 1.54) is 6.07 Å². The number of nitrogens with zero attached hydrogens (tertiary/aromatic N) is 1. The molecule has 0 amide bonds. The normalized spacial score (nSPS) is 21.7. The highest BCUT2D eigenvalue weighted by atomic mass is 19.2. The fraction of sp³-hybridized carbons (Fsp3) is 0.500. The van der Waals surface area contributed by atoms with Crippen molar-refractivity contribution in [1.82, 2.24) is 4.90 Å². The smallest absolute Gasteiger partial charge is 0.163 e. The summed E-state index contributed by atoms with van der Waals surface area (Å²) in [5.74, 6) is -1.65. The first kappa shape index (κ1) is 12.4. The van der Waals surface area contributed by atoms with Gasteiger partial charge in [0.1, 0.15) is 0 Å². The zero-order valence-corrected chi connectivity index (χ0v) is 9.40. The molecule has 0 radical (unpaired) electrons. The summed E-state index contributed by atoms with van der Waals surface area (Å²) in [5, 5.41) is 9.17. The molecule has 1 heterocycles. The molecule has 17 heavy (non-hydrogen) atoms. The van der Waals surface area contributed by atoms with Gasteiger partial charge in [0.25, 0.3) is 0 Å². The third kappa shape index (κ3) is 2.80. The number of ether oxygens (including phenoxy) is 1. The monoisotopic (exact) mass is 243 g/mol. The molecule has 1 aliphatic heterocycles. The lowest BCUT2D eigenvalue weighted by Crippen LogP contribution is -2.46. The van der Waals surface area contributed by atoms with Gasteiger partial charge in [-0.05, 0) is 6.07 Å². The Labute approximate surface area is 98.6 Å². The van der Waals surface area contributed by atoms with Crippen LogP contribution < -0.4 is 0 Å². The molecule has 3 nitrogen and oxygen atoms in total. The first-order valence-corrected chi connectivity index (χ1v) is 5.58. The topological polar surface area (TPSA) is 32.7 Å². The third-order valence-electron chi connectivity index (χ3n) is 2.97. The summed E-state index contributed by atoms with van der Waals surface area (Å²) in [6.45, 7) is 1.83. The van der Waals surface area contributed by atoms with Gasteiger partial charge in [0, 0.05) is 18.7 Å². The molecule has 0 aliphatic carbocycles. The minimum absolute atomic E-state index is 0.0447. The van der Waals surface area contributed by atoms with Crippen molar-refractivity contribution in [2.45, 2.75) is 12.6 Å². The highest BCUT2D eigenvalue weighted by molar-refractivity contribution is 5.19. The highest BCUT2D eigenvalue weighted by Gasteiger charge is 2.23. The Morgan fingerprint density at radius 3 is 3.00 bits per heavy atom. The number of aliphatic hydroxyl groups is 1. The molecule has 1 atom stereocenters. The Morgan fingerprint density at radius 2 is 2.24 bits per heavy atom. The van der Waals surface area contributed by atoms with Crippen molar-refractivity contribution < 1.29 is 18.6 Å².